The van der Waals surface area contributed by atoms with Gasteiger partial charge < -0.3 is 10.2 Å². The zero-order valence-corrected chi connectivity index (χ0v) is 17.7. The van der Waals surface area contributed by atoms with E-state index in [2.05, 4.69) is 19.2 Å². The maximum absolute atomic E-state index is 13.2. The maximum atomic E-state index is 13.2. The minimum atomic E-state index is -3.86. The molecule has 0 aliphatic rings. The molecule has 2 aromatic rings. The number of hydrogen-bond acceptors (Lipinski definition) is 4. The summed E-state index contributed by atoms with van der Waals surface area (Å²) in [6.07, 6.45) is 0. The highest BCUT2D eigenvalue weighted by atomic mass is 32.2. The summed E-state index contributed by atoms with van der Waals surface area (Å²) in [5.41, 5.74) is 1.58. The lowest BCUT2D eigenvalue weighted by molar-refractivity contribution is -0.119. The average molecular weight is 404 g/mol. The van der Waals surface area contributed by atoms with Crippen LogP contribution in [0.5, 0.6) is 0 Å². The summed E-state index contributed by atoms with van der Waals surface area (Å²) in [6, 6.07) is 15.5. The topological polar surface area (TPSA) is 69.7 Å². The SMILES string of the molecule is CC(C)c1ccc(N(CC(=O)NCCN(C)C)S(=O)(=O)c2ccccc2)cc1. The molecule has 0 aliphatic carbocycles. The smallest absolute Gasteiger partial charge is 0.264 e. The van der Waals surface area contributed by atoms with Gasteiger partial charge >= 0.3 is 0 Å². The number of nitrogens with one attached hydrogen (secondary N) is 1. The Labute approximate surface area is 168 Å². The molecule has 0 fully saturated rings. The van der Waals surface area contributed by atoms with Gasteiger partial charge in [-0.05, 0) is 49.8 Å². The normalized spacial score (nSPS) is 11.6. The molecule has 0 atom stereocenters. The highest BCUT2D eigenvalue weighted by Gasteiger charge is 2.27. The molecule has 0 aliphatic heterocycles. The Hall–Kier alpha value is -2.38. The summed E-state index contributed by atoms with van der Waals surface area (Å²) in [5.74, 6) is -0.00291. The highest BCUT2D eigenvalue weighted by Crippen LogP contribution is 2.25. The summed E-state index contributed by atoms with van der Waals surface area (Å²) in [7, 11) is -0.0390. The second-order valence-corrected chi connectivity index (χ2v) is 9.09. The lowest BCUT2D eigenvalue weighted by atomic mass is 10.0. The second kappa shape index (κ2) is 9.71. The Kier molecular flexibility index (Phi) is 7.60. The van der Waals surface area contributed by atoms with Crippen molar-refractivity contribution >= 4 is 21.6 Å². The molecule has 0 spiro atoms. The number of benzene rings is 2. The van der Waals surface area contributed by atoms with Gasteiger partial charge in [-0.2, -0.15) is 0 Å². The van der Waals surface area contributed by atoms with Crippen molar-refractivity contribution in [1.29, 1.82) is 0 Å². The Morgan fingerprint density at radius 1 is 1.00 bits per heavy atom. The maximum Gasteiger partial charge on any atom is 0.264 e. The Morgan fingerprint density at radius 2 is 1.61 bits per heavy atom. The molecule has 0 radical (unpaired) electrons. The number of hydrogen-bond donors (Lipinski definition) is 1. The van der Waals surface area contributed by atoms with Crippen LogP contribution in [0.1, 0.15) is 25.3 Å². The molecular weight excluding hydrogens is 374 g/mol. The van der Waals surface area contributed by atoms with Crippen LogP contribution in [0.15, 0.2) is 59.5 Å². The lowest BCUT2D eigenvalue weighted by Crippen LogP contribution is -2.42. The third-order valence-corrected chi connectivity index (χ3v) is 6.14. The fourth-order valence-electron chi connectivity index (χ4n) is 2.67. The standard InChI is InChI=1S/C21H29N3O3S/c1-17(2)18-10-12-19(13-11-18)24(16-21(25)22-14-15-23(3)4)28(26,27)20-8-6-5-7-9-20/h5-13,17H,14-16H2,1-4H3,(H,22,25). The zero-order chi connectivity index (χ0) is 20.7. The van der Waals surface area contributed by atoms with Gasteiger partial charge in [-0.3, -0.25) is 9.10 Å². The predicted octanol–water partition coefficient (Wildman–Crippen LogP) is 2.68. The first-order valence-corrected chi connectivity index (χ1v) is 10.7. The molecule has 0 heterocycles. The lowest BCUT2D eigenvalue weighted by Gasteiger charge is -2.24. The first-order valence-electron chi connectivity index (χ1n) is 9.31. The first-order chi connectivity index (χ1) is 13.2. The van der Waals surface area contributed by atoms with Crippen LogP contribution in [0.2, 0.25) is 0 Å². The van der Waals surface area contributed by atoms with Crippen molar-refractivity contribution in [2.45, 2.75) is 24.7 Å². The molecule has 152 valence electrons. The second-order valence-electron chi connectivity index (χ2n) is 7.22. The molecular formula is C21H29N3O3S. The molecule has 1 N–H and O–H groups in total. The van der Waals surface area contributed by atoms with Crippen LogP contribution in [-0.4, -0.2) is 53.0 Å². The Bertz CT molecular complexity index is 864. The third-order valence-electron chi connectivity index (χ3n) is 4.35. The van der Waals surface area contributed by atoms with E-state index in [9.17, 15) is 13.2 Å². The Balaban J connectivity index is 2.31. The fourth-order valence-corrected chi connectivity index (χ4v) is 4.11. The van der Waals surface area contributed by atoms with Gasteiger partial charge in [0.05, 0.1) is 10.6 Å². The molecule has 0 bridgehead atoms. The first kappa shape index (κ1) is 21.9. The quantitative estimate of drug-likeness (QED) is 0.699. The van der Waals surface area contributed by atoms with Crippen molar-refractivity contribution in [3.8, 4) is 0 Å². The van der Waals surface area contributed by atoms with Crippen LogP contribution in [0, 0.1) is 0 Å². The minimum Gasteiger partial charge on any atom is -0.353 e. The van der Waals surface area contributed by atoms with Crippen molar-refractivity contribution in [3.63, 3.8) is 0 Å². The summed E-state index contributed by atoms with van der Waals surface area (Å²) < 4.78 is 27.6. The molecule has 2 rings (SSSR count). The van der Waals surface area contributed by atoms with E-state index in [0.29, 0.717) is 24.7 Å². The average Bonchev–Trinajstić information content (AvgIpc) is 2.66. The van der Waals surface area contributed by atoms with Crippen LogP contribution in [0.4, 0.5) is 5.69 Å². The van der Waals surface area contributed by atoms with Gasteiger partial charge in [0.15, 0.2) is 0 Å². The van der Waals surface area contributed by atoms with Crippen LogP contribution in [0.25, 0.3) is 0 Å². The number of anilines is 1. The van der Waals surface area contributed by atoms with Gasteiger partial charge in [0.2, 0.25) is 5.91 Å². The molecule has 6 nitrogen and oxygen atoms in total. The molecule has 7 heteroatoms. The van der Waals surface area contributed by atoms with Crippen molar-refractivity contribution in [2.24, 2.45) is 0 Å². The molecule has 2 aromatic carbocycles. The number of carbonyl (C=O) groups is 1. The summed E-state index contributed by atoms with van der Waals surface area (Å²) in [6.45, 7) is 5.01. The van der Waals surface area contributed by atoms with Crippen molar-refractivity contribution in [1.82, 2.24) is 10.2 Å². The number of nitrogens with zero attached hydrogens (tertiary/aromatic N) is 2. The minimum absolute atomic E-state index is 0.157. The van der Waals surface area contributed by atoms with Gasteiger partial charge in [0.25, 0.3) is 10.0 Å². The number of sulfonamides is 1. The van der Waals surface area contributed by atoms with Gasteiger partial charge in [-0.1, -0.05) is 44.2 Å². The molecule has 0 saturated heterocycles. The highest BCUT2D eigenvalue weighted by molar-refractivity contribution is 7.92. The van der Waals surface area contributed by atoms with E-state index < -0.39 is 10.0 Å². The largest absolute Gasteiger partial charge is 0.353 e. The third kappa shape index (κ3) is 5.81. The molecule has 0 aromatic heterocycles. The summed E-state index contributed by atoms with van der Waals surface area (Å²) in [4.78, 5) is 14.5. The number of likely N-dealkylation sites (N-methyl/N-ethyl adjacent to an activating group) is 1. The zero-order valence-electron chi connectivity index (χ0n) is 16.9. The molecule has 0 saturated carbocycles. The van der Waals surface area contributed by atoms with Crippen molar-refractivity contribution in [3.05, 3.63) is 60.2 Å². The van der Waals surface area contributed by atoms with Crippen LogP contribution in [-0.2, 0) is 14.8 Å². The number of carbonyl (C=O) groups excluding carboxylic acids is 1. The van der Waals surface area contributed by atoms with Gasteiger partial charge in [0.1, 0.15) is 6.54 Å². The van der Waals surface area contributed by atoms with Gasteiger partial charge in [-0.15, -0.1) is 0 Å². The van der Waals surface area contributed by atoms with E-state index in [1.165, 1.54) is 12.1 Å². The van der Waals surface area contributed by atoms with Gasteiger partial charge in [0, 0.05) is 13.1 Å². The van der Waals surface area contributed by atoms with Crippen LogP contribution < -0.4 is 9.62 Å². The monoisotopic (exact) mass is 403 g/mol. The van der Waals surface area contributed by atoms with Crippen molar-refractivity contribution in [2.75, 3.05) is 38.0 Å². The van der Waals surface area contributed by atoms with E-state index in [-0.39, 0.29) is 17.3 Å². The summed E-state index contributed by atoms with van der Waals surface area (Å²) in [5, 5.41) is 2.78. The van der Waals surface area contributed by atoms with Crippen LogP contribution >= 0.6 is 0 Å². The fraction of sp³-hybridized carbons (Fsp3) is 0.381. The van der Waals surface area contributed by atoms with E-state index in [1.54, 1.807) is 30.3 Å². The Morgan fingerprint density at radius 3 is 2.14 bits per heavy atom. The predicted molar refractivity (Wildman–Crippen MR) is 113 cm³/mol. The molecule has 28 heavy (non-hydrogen) atoms. The van der Waals surface area contributed by atoms with E-state index in [0.717, 1.165) is 9.87 Å². The van der Waals surface area contributed by atoms with Crippen LogP contribution in [0.3, 0.4) is 0 Å². The van der Waals surface area contributed by atoms with E-state index >= 15 is 0 Å². The van der Waals surface area contributed by atoms with E-state index in [4.69, 9.17) is 0 Å². The van der Waals surface area contributed by atoms with Gasteiger partial charge in [-0.25, -0.2) is 8.42 Å². The van der Waals surface area contributed by atoms with E-state index in [1.807, 2.05) is 31.1 Å². The molecule has 1 amide bonds. The number of rotatable bonds is 9. The van der Waals surface area contributed by atoms with Crippen molar-refractivity contribution < 1.29 is 13.2 Å². The summed E-state index contributed by atoms with van der Waals surface area (Å²) >= 11 is 0. The molecule has 0 unspecified atom stereocenters. The number of amides is 1.